The van der Waals surface area contributed by atoms with Gasteiger partial charge in [0.15, 0.2) is 9.84 Å². The second kappa shape index (κ2) is 6.16. The molecule has 0 saturated carbocycles. The Balaban J connectivity index is 1.54. The largest absolute Gasteiger partial charge is 0.378 e. The molecular formula is C12H23NO3S. The van der Waals surface area contributed by atoms with E-state index in [2.05, 4.69) is 5.32 Å². The van der Waals surface area contributed by atoms with E-state index >= 15 is 0 Å². The first-order chi connectivity index (χ1) is 8.18. The second-order valence-corrected chi connectivity index (χ2v) is 7.51. The molecule has 0 aromatic heterocycles. The Morgan fingerprint density at radius 3 is 2.76 bits per heavy atom. The third kappa shape index (κ3) is 3.93. The lowest BCUT2D eigenvalue weighted by Gasteiger charge is -2.12. The van der Waals surface area contributed by atoms with Crippen LogP contribution in [0.2, 0.25) is 0 Å². The van der Waals surface area contributed by atoms with Gasteiger partial charge in [-0.2, -0.15) is 0 Å². The molecule has 0 radical (unpaired) electrons. The Morgan fingerprint density at radius 2 is 2.12 bits per heavy atom. The summed E-state index contributed by atoms with van der Waals surface area (Å²) in [4.78, 5) is 0. The van der Waals surface area contributed by atoms with Gasteiger partial charge in [0.2, 0.25) is 0 Å². The molecule has 0 aromatic rings. The molecule has 2 aliphatic heterocycles. The zero-order valence-corrected chi connectivity index (χ0v) is 11.2. The Kier molecular flexibility index (Phi) is 4.82. The summed E-state index contributed by atoms with van der Waals surface area (Å²) in [5.41, 5.74) is 0. The minimum Gasteiger partial charge on any atom is -0.378 e. The summed E-state index contributed by atoms with van der Waals surface area (Å²) >= 11 is 0. The van der Waals surface area contributed by atoms with Crippen LogP contribution in [0.25, 0.3) is 0 Å². The van der Waals surface area contributed by atoms with Crippen molar-refractivity contribution in [3.8, 4) is 0 Å². The maximum Gasteiger partial charge on any atom is 0.154 e. The quantitative estimate of drug-likeness (QED) is 0.728. The predicted molar refractivity (Wildman–Crippen MR) is 67.9 cm³/mol. The van der Waals surface area contributed by atoms with E-state index < -0.39 is 9.84 Å². The van der Waals surface area contributed by atoms with Crippen molar-refractivity contribution < 1.29 is 13.2 Å². The Hall–Kier alpha value is -0.130. The highest BCUT2D eigenvalue weighted by Gasteiger charge is 2.30. The third-order valence-electron chi connectivity index (χ3n) is 3.74. The van der Waals surface area contributed by atoms with Crippen molar-refractivity contribution in [2.24, 2.45) is 0 Å². The van der Waals surface area contributed by atoms with E-state index in [-0.39, 0.29) is 5.25 Å². The standard InChI is InChI=1S/C12H23NO3S/c14-17(15)9-3-6-12(17)10-13-7-1-4-11-5-2-8-16-11/h11-13H,1-10H2. The van der Waals surface area contributed by atoms with Gasteiger partial charge in [-0.1, -0.05) is 0 Å². The molecule has 5 heteroatoms. The molecule has 0 amide bonds. The summed E-state index contributed by atoms with van der Waals surface area (Å²) < 4.78 is 28.7. The van der Waals surface area contributed by atoms with E-state index in [1.54, 1.807) is 0 Å². The zero-order chi connectivity index (χ0) is 12.1. The van der Waals surface area contributed by atoms with Gasteiger partial charge in [-0.05, 0) is 45.1 Å². The molecule has 0 spiro atoms. The maximum atomic E-state index is 11.6. The van der Waals surface area contributed by atoms with Crippen LogP contribution >= 0.6 is 0 Å². The van der Waals surface area contributed by atoms with Gasteiger partial charge in [-0.3, -0.25) is 0 Å². The lowest BCUT2D eigenvalue weighted by Crippen LogP contribution is -2.31. The van der Waals surface area contributed by atoms with Crippen LogP contribution in [0.15, 0.2) is 0 Å². The number of nitrogens with one attached hydrogen (secondary N) is 1. The van der Waals surface area contributed by atoms with Gasteiger partial charge in [0.1, 0.15) is 0 Å². The van der Waals surface area contributed by atoms with E-state index in [9.17, 15) is 8.42 Å². The van der Waals surface area contributed by atoms with Gasteiger partial charge >= 0.3 is 0 Å². The monoisotopic (exact) mass is 261 g/mol. The van der Waals surface area contributed by atoms with Crippen LogP contribution in [0.3, 0.4) is 0 Å². The number of ether oxygens (including phenoxy) is 1. The molecule has 2 rings (SSSR count). The smallest absolute Gasteiger partial charge is 0.154 e. The van der Waals surface area contributed by atoms with Gasteiger partial charge in [-0.15, -0.1) is 0 Å². The highest BCUT2D eigenvalue weighted by molar-refractivity contribution is 7.92. The summed E-state index contributed by atoms with van der Waals surface area (Å²) in [6.07, 6.45) is 6.69. The van der Waals surface area contributed by atoms with Crippen molar-refractivity contribution in [2.45, 2.75) is 49.9 Å². The molecule has 17 heavy (non-hydrogen) atoms. The molecule has 100 valence electrons. The van der Waals surface area contributed by atoms with E-state index in [4.69, 9.17) is 4.74 Å². The van der Waals surface area contributed by atoms with Crippen LogP contribution < -0.4 is 5.32 Å². The predicted octanol–water partition coefficient (Wildman–Crippen LogP) is 1.11. The van der Waals surface area contributed by atoms with Gasteiger partial charge in [0, 0.05) is 13.2 Å². The summed E-state index contributed by atoms with van der Waals surface area (Å²) in [5.74, 6) is 0.384. The van der Waals surface area contributed by atoms with Crippen LogP contribution in [0.4, 0.5) is 0 Å². The number of rotatable bonds is 6. The minimum absolute atomic E-state index is 0.134. The molecule has 2 aliphatic rings. The van der Waals surface area contributed by atoms with Crippen LogP contribution in [0.1, 0.15) is 38.5 Å². The van der Waals surface area contributed by atoms with E-state index in [0.717, 1.165) is 38.8 Å². The minimum atomic E-state index is -2.78. The molecule has 4 nitrogen and oxygen atoms in total. The van der Waals surface area contributed by atoms with Crippen molar-refractivity contribution in [1.29, 1.82) is 0 Å². The molecule has 0 aromatic carbocycles. The van der Waals surface area contributed by atoms with E-state index in [0.29, 0.717) is 18.4 Å². The Bertz CT molecular complexity index is 323. The first-order valence-electron chi connectivity index (χ1n) is 6.72. The first kappa shape index (κ1) is 13.3. The SMILES string of the molecule is O=S1(=O)CCCC1CNCCCC1CCCO1. The molecule has 0 bridgehead atoms. The molecule has 2 unspecified atom stereocenters. The second-order valence-electron chi connectivity index (χ2n) is 5.11. The first-order valence-corrected chi connectivity index (χ1v) is 8.44. The number of sulfone groups is 1. The summed E-state index contributed by atoms with van der Waals surface area (Å²) in [5, 5.41) is 3.14. The van der Waals surface area contributed by atoms with Gasteiger partial charge in [-0.25, -0.2) is 8.42 Å². The normalized spacial score (nSPS) is 32.0. The zero-order valence-electron chi connectivity index (χ0n) is 10.4. The van der Waals surface area contributed by atoms with Crippen LogP contribution in [0, 0.1) is 0 Å². The van der Waals surface area contributed by atoms with Crippen molar-refractivity contribution >= 4 is 9.84 Å². The third-order valence-corrected chi connectivity index (χ3v) is 6.01. The van der Waals surface area contributed by atoms with Crippen molar-refractivity contribution in [3.63, 3.8) is 0 Å². The van der Waals surface area contributed by atoms with Crippen LogP contribution in [-0.2, 0) is 14.6 Å². The molecule has 2 saturated heterocycles. The average molecular weight is 261 g/mol. The van der Waals surface area contributed by atoms with Crippen molar-refractivity contribution in [1.82, 2.24) is 5.32 Å². The molecule has 2 heterocycles. The van der Waals surface area contributed by atoms with E-state index in [1.165, 1.54) is 12.8 Å². The average Bonchev–Trinajstić information content (AvgIpc) is 2.88. The fourth-order valence-electron chi connectivity index (χ4n) is 2.68. The molecule has 0 aliphatic carbocycles. The molecule has 2 fully saturated rings. The lowest BCUT2D eigenvalue weighted by atomic mass is 10.1. The lowest BCUT2D eigenvalue weighted by molar-refractivity contribution is 0.102. The molecule has 2 atom stereocenters. The summed E-state index contributed by atoms with van der Waals surface area (Å²) in [6.45, 7) is 2.46. The van der Waals surface area contributed by atoms with Gasteiger partial charge in [0.05, 0.1) is 17.1 Å². The number of hydrogen-bond acceptors (Lipinski definition) is 4. The summed E-state index contributed by atoms with van der Waals surface area (Å²) in [7, 11) is -2.78. The van der Waals surface area contributed by atoms with Crippen LogP contribution in [0.5, 0.6) is 0 Å². The highest BCUT2D eigenvalue weighted by Crippen LogP contribution is 2.19. The molecule has 1 N–H and O–H groups in total. The number of hydrogen-bond donors (Lipinski definition) is 1. The van der Waals surface area contributed by atoms with Crippen molar-refractivity contribution in [3.05, 3.63) is 0 Å². The van der Waals surface area contributed by atoms with Gasteiger partial charge < -0.3 is 10.1 Å². The Labute approximate surface area is 104 Å². The summed E-state index contributed by atoms with van der Waals surface area (Å²) in [6, 6.07) is 0. The molecular weight excluding hydrogens is 238 g/mol. The fraction of sp³-hybridized carbons (Fsp3) is 1.00. The maximum absolute atomic E-state index is 11.6. The Morgan fingerprint density at radius 1 is 1.24 bits per heavy atom. The van der Waals surface area contributed by atoms with Crippen LogP contribution in [-0.4, -0.2) is 45.2 Å². The van der Waals surface area contributed by atoms with Gasteiger partial charge in [0.25, 0.3) is 0 Å². The highest BCUT2D eigenvalue weighted by atomic mass is 32.2. The fourth-order valence-corrected chi connectivity index (χ4v) is 4.48. The van der Waals surface area contributed by atoms with Crippen molar-refractivity contribution in [2.75, 3.05) is 25.4 Å². The topological polar surface area (TPSA) is 55.4 Å². The van der Waals surface area contributed by atoms with E-state index in [1.807, 2.05) is 0 Å².